The Balaban J connectivity index is 1.43. The molecule has 2 heterocycles. The summed E-state index contributed by atoms with van der Waals surface area (Å²) >= 11 is 0. The minimum atomic E-state index is 0.0797. The second-order valence-electron chi connectivity index (χ2n) is 6.97. The Morgan fingerprint density at radius 3 is 2.62 bits per heavy atom. The zero-order chi connectivity index (χ0) is 18.2. The summed E-state index contributed by atoms with van der Waals surface area (Å²) in [5, 5.41) is 0. The molecule has 1 aromatic rings. The van der Waals surface area contributed by atoms with Crippen LogP contribution in [0.1, 0.15) is 42.5 Å². The summed E-state index contributed by atoms with van der Waals surface area (Å²) < 4.78 is 17.1. The molecule has 0 radical (unpaired) electrons. The topological polar surface area (TPSA) is 74.0 Å². The van der Waals surface area contributed by atoms with Crippen LogP contribution in [0.4, 0.5) is 0 Å². The van der Waals surface area contributed by atoms with Crippen molar-refractivity contribution in [1.29, 1.82) is 0 Å². The minimum Gasteiger partial charge on any atom is -0.491 e. The fourth-order valence-electron chi connectivity index (χ4n) is 3.40. The molecule has 2 aliphatic heterocycles. The van der Waals surface area contributed by atoms with Crippen LogP contribution in [-0.2, 0) is 9.47 Å². The van der Waals surface area contributed by atoms with Crippen LogP contribution < -0.4 is 10.5 Å². The first-order valence-electron chi connectivity index (χ1n) is 9.71. The van der Waals surface area contributed by atoms with Crippen molar-refractivity contribution in [3.05, 3.63) is 29.8 Å². The van der Waals surface area contributed by atoms with Gasteiger partial charge in [0.1, 0.15) is 12.4 Å². The van der Waals surface area contributed by atoms with Crippen molar-refractivity contribution < 1.29 is 19.0 Å². The summed E-state index contributed by atoms with van der Waals surface area (Å²) in [6.45, 7) is 4.25. The Morgan fingerprint density at radius 1 is 1.19 bits per heavy atom. The van der Waals surface area contributed by atoms with Gasteiger partial charge in [-0.05, 0) is 62.9 Å². The highest BCUT2D eigenvalue weighted by atomic mass is 16.5. The third-order valence-corrected chi connectivity index (χ3v) is 4.99. The van der Waals surface area contributed by atoms with E-state index in [9.17, 15) is 4.79 Å². The first-order chi connectivity index (χ1) is 12.8. The predicted molar refractivity (Wildman–Crippen MR) is 99.5 cm³/mol. The molecule has 2 fully saturated rings. The Labute approximate surface area is 155 Å². The number of amides is 1. The maximum atomic E-state index is 12.7. The fourth-order valence-corrected chi connectivity index (χ4v) is 3.40. The third kappa shape index (κ3) is 5.43. The number of hydrogen-bond donors (Lipinski definition) is 1. The van der Waals surface area contributed by atoms with E-state index in [4.69, 9.17) is 19.9 Å². The number of piperidine rings is 1. The molecule has 0 saturated carbocycles. The van der Waals surface area contributed by atoms with Gasteiger partial charge in [0.05, 0.1) is 12.2 Å². The van der Waals surface area contributed by atoms with E-state index in [0.29, 0.717) is 25.3 Å². The molecule has 1 unspecified atom stereocenters. The Morgan fingerprint density at radius 2 is 1.96 bits per heavy atom. The first kappa shape index (κ1) is 19.1. The van der Waals surface area contributed by atoms with E-state index in [1.807, 2.05) is 29.2 Å². The summed E-state index contributed by atoms with van der Waals surface area (Å²) in [6.07, 6.45) is 5.28. The summed E-state index contributed by atoms with van der Waals surface area (Å²) in [7, 11) is 0. The van der Waals surface area contributed by atoms with E-state index < -0.39 is 0 Å². The monoisotopic (exact) mass is 362 g/mol. The van der Waals surface area contributed by atoms with Gasteiger partial charge in [-0.2, -0.15) is 0 Å². The van der Waals surface area contributed by atoms with E-state index in [2.05, 4.69) is 0 Å². The quantitative estimate of drug-likeness (QED) is 0.718. The number of benzene rings is 1. The Kier molecular flexibility index (Phi) is 7.29. The molecule has 6 heteroatoms. The van der Waals surface area contributed by atoms with E-state index in [0.717, 1.165) is 57.6 Å². The number of likely N-dealkylation sites (tertiary alicyclic amines) is 1. The maximum absolute atomic E-state index is 12.7. The molecule has 0 aromatic heterocycles. The molecule has 1 amide bonds. The molecule has 0 bridgehead atoms. The highest BCUT2D eigenvalue weighted by Gasteiger charge is 2.24. The number of carbonyl (C=O) groups excluding carboxylic acids is 1. The van der Waals surface area contributed by atoms with Crippen molar-refractivity contribution in [2.75, 3.05) is 39.5 Å². The standard InChI is InChI=1S/C20H30N2O4/c21-10-2-14-24-18-8-11-22(12-9-18)20(23)16-4-6-17(7-5-16)26-15-19-3-1-13-25-19/h4-7,18-19H,1-3,8-15,21H2. The third-order valence-electron chi connectivity index (χ3n) is 4.99. The molecule has 3 rings (SSSR count). The predicted octanol–water partition coefficient (Wildman–Crippen LogP) is 2.21. The molecule has 144 valence electrons. The van der Waals surface area contributed by atoms with E-state index in [1.165, 1.54) is 0 Å². The average Bonchev–Trinajstić information content (AvgIpc) is 3.21. The van der Waals surface area contributed by atoms with Gasteiger partial charge in [-0.25, -0.2) is 0 Å². The molecule has 26 heavy (non-hydrogen) atoms. The lowest BCUT2D eigenvalue weighted by Gasteiger charge is -2.32. The fraction of sp³-hybridized carbons (Fsp3) is 0.650. The molecular formula is C20H30N2O4. The van der Waals surface area contributed by atoms with Gasteiger partial charge in [0.2, 0.25) is 0 Å². The summed E-state index contributed by atoms with van der Waals surface area (Å²) in [5.41, 5.74) is 6.19. The van der Waals surface area contributed by atoms with Crippen molar-refractivity contribution in [2.45, 2.75) is 44.3 Å². The minimum absolute atomic E-state index is 0.0797. The Bertz CT molecular complexity index is 549. The lowest BCUT2D eigenvalue weighted by molar-refractivity contribution is 0.00844. The number of nitrogens with two attached hydrogens (primary N) is 1. The van der Waals surface area contributed by atoms with Gasteiger partial charge in [-0.15, -0.1) is 0 Å². The van der Waals surface area contributed by atoms with Crippen molar-refractivity contribution in [3.8, 4) is 5.75 Å². The molecule has 0 aliphatic carbocycles. The highest BCUT2D eigenvalue weighted by Crippen LogP contribution is 2.20. The van der Waals surface area contributed by atoms with Crippen LogP contribution >= 0.6 is 0 Å². The summed E-state index contributed by atoms with van der Waals surface area (Å²) in [6, 6.07) is 7.42. The number of nitrogens with zero attached hydrogens (tertiary/aromatic N) is 1. The highest BCUT2D eigenvalue weighted by molar-refractivity contribution is 5.94. The lowest BCUT2D eigenvalue weighted by Crippen LogP contribution is -2.41. The average molecular weight is 362 g/mol. The number of carbonyl (C=O) groups is 1. The van der Waals surface area contributed by atoms with Crippen LogP contribution in [0.15, 0.2) is 24.3 Å². The van der Waals surface area contributed by atoms with Crippen molar-refractivity contribution in [1.82, 2.24) is 4.90 Å². The molecule has 1 atom stereocenters. The molecule has 0 spiro atoms. The van der Waals surface area contributed by atoms with Gasteiger partial charge < -0.3 is 24.8 Å². The first-order valence-corrected chi connectivity index (χ1v) is 9.71. The van der Waals surface area contributed by atoms with Gasteiger partial charge in [0.25, 0.3) is 5.91 Å². The van der Waals surface area contributed by atoms with Gasteiger partial charge in [0, 0.05) is 31.9 Å². The number of hydrogen-bond acceptors (Lipinski definition) is 5. The van der Waals surface area contributed by atoms with E-state index in [-0.39, 0.29) is 18.1 Å². The van der Waals surface area contributed by atoms with Crippen LogP contribution in [0.3, 0.4) is 0 Å². The Hall–Kier alpha value is -1.63. The van der Waals surface area contributed by atoms with Crippen LogP contribution in [0, 0.1) is 0 Å². The second kappa shape index (κ2) is 9.90. The summed E-state index contributed by atoms with van der Waals surface area (Å²) in [5.74, 6) is 0.861. The normalized spacial score (nSPS) is 21.1. The lowest BCUT2D eigenvalue weighted by atomic mass is 10.1. The molecule has 6 nitrogen and oxygen atoms in total. The van der Waals surface area contributed by atoms with Crippen molar-refractivity contribution in [2.24, 2.45) is 5.73 Å². The number of ether oxygens (including phenoxy) is 3. The zero-order valence-corrected chi connectivity index (χ0v) is 15.4. The number of rotatable bonds is 8. The van der Waals surface area contributed by atoms with Crippen molar-refractivity contribution >= 4 is 5.91 Å². The van der Waals surface area contributed by atoms with Crippen LogP contribution in [0.5, 0.6) is 5.75 Å². The second-order valence-corrected chi connectivity index (χ2v) is 6.97. The molecule has 1 aromatic carbocycles. The van der Waals surface area contributed by atoms with Gasteiger partial charge in [0.15, 0.2) is 0 Å². The van der Waals surface area contributed by atoms with Crippen molar-refractivity contribution in [3.63, 3.8) is 0 Å². The SMILES string of the molecule is NCCCOC1CCN(C(=O)c2ccc(OCC3CCCO3)cc2)CC1. The van der Waals surface area contributed by atoms with Crippen LogP contribution in [0.25, 0.3) is 0 Å². The van der Waals surface area contributed by atoms with Crippen LogP contribution in [-0.4, -0.2) is 62.5 Å². The maximum Gasteiger partial charge on any atom is 0.253 e. The van der Waals surface area contributed by atoms with Crippen LogP contribution in [0.2, 0.25) is 0 Å². The van der Waals surface area contributed by atoms with E-state index in [1.54, 1.807) is 0 Å². The van der Waals surface area contributed by atoms with E-state index >= 15 is 0 Å². The smallest absolute Gasteiger partial charge is 0.253 e. The van der Waals surface area contributed by atoms with Gasteiger partial charge in [-0.3, -0.25) is 4.79 Å². The van der Waals surface area contributed by atoms with Gasteiger partial charge >= 0.3 is 0 Å². The molecule has 2 saturated heterocycles. The van der Waals surface area contributed by atoms with Gasteiger partial charge in [-0.1, -0.05) is 0 Å². The largest absolute Gasteiger partial charge is 0.491 e. The summed E-state index contributed by atoms with van der Waals surface area (Å²) in [4.78, 5) is 14.6. The zero-order valence-electron chi connectivity index (χ0n) is 15.4. The molecule has 2 aliphatic rings. The molecular weight excluding hydrogens is 332 g/mol. The molecule has 2 N–H and O–H groups in total.